The average Bonchev–Trinajstić information content (AvgIpc) is 2.51. The molecule has 0 aromatic heterocycles. The van der Waals surface area contributed by atoms with E-state index in [0.29, 0.717) is 18.3 Å². The highest BCUT2D eigenvalue weighted by Crippen LogP contribution is 2.34. The first kappa shape index (κ1) is 9.30. The molecule has 12 heavy (non-hydrogen) atoms. The largest absolute Gasteiger partial charge is 0.469 e. The topological polar surface area (TPSA) is 26.3 Å². The van der Waals surface area contributed by atoms with Crippen LogP contribution in [0.5, 0.6) is 0 Å². The molecule has 1 fully saturated rings. The van der Waals surface area contributed by atoms with Crippen molar-refractivity contribution in [2.75, 3.05) is 7.11 Å². The zero-order chi connectivity index (χ0) is 8.97. The van der Waals surface area contributed by atoms with Crippen LogP contribution in [0.2, 0.25) is 0 Å². The maximum atomic E-state index is 11.0. The van der Waals surface area contributed by atoms with E-state index in [9.17, 15) is 4.79 Å². The third kappa shape index (κ3) is 2.10. The van der Waals surface area contributed by atoms with Crippen molar-refractivity contribution in [1.82, 2.24) is 0 Å². The highest BCUT2D eigenvalue weighted by atomic mass is 16.5. The summed E-state index contributed by atoms with van der Waals surface area (Å²) in [7, 11) is 1.44. The zero-order valence-electron chi connectivity index (χ0n) is 7.58. The van der Waals surface area contributed by atoms with Gasteiger partial charge in [-0.05, 0) is 24.7 Å². The maximum Gasteiger partial charge on any atom is 0.305 e. The summed E-state index contributed by atoms with van der Waals surface area (Å²) in [5.41, 5.74) is 0. The van der Waals surface area contributed by atoms with Gasteiger partial charge in [0, 0.05) is 6.42 Å². The van der Waals surface area contributed by atoms with Gasteiger partial charge >= 0.3 is 5.97 Å². The molecule has 1 aliphatic rings. The standard InChI is InChI=1S/C10H16O2/c1-3-8-5-4-6-9(8)7-10(11)12-2/h3,8-9H,1,4-7H2,2H3/t8-,9-/m0/s1. The van der Waals surface area contributed by atoms with Gasteiger partial charge in [0.25, 0.3) is 0 Å². The van der Waals surface area contributed by atoms with Crippen molar-refractivity contribution in [3.05, 3.63) is 12.7 Å². The Morgan fingerprint density at radius 1 is 1.67 bits per heavy atom. The number of allylic oxidation sites excluding steroid dienone is 1. The maximum absolute atomic E-state index is 11.0. The SMILES string of the molecule is C=C[C@H]1CCC[C@H]1CC(=O)OC. The molecule has 68 valence electrons. The summed E-state index contributed by atoms with van der Waals surface area (Å²) in [4.78, 5) is 11.0. The van der Waals surface area contributed by atoms with Crippen LogP contribution in [0.1, 0.15) is 25.7 Å². The van der Waals surface area contributed by atoms with Crippen molar-refractivity contribution in [3.63, 3.8) is 0 Å². The minimum absolute atomic E-state index is 0.0891. The predicted octanol–water partition coefficient (Wildman–Crippen LogP) is 2.15. The first-order valence-electron chi connectivity index (χ1n) is 4.47. The number of rotatable bonds is 3. The Morgan fingerprint density at radius 2 is 2.42 bits per heavy atom. The molecule has 0 aliphatic heterocycles. The van der Waals surface area contributed by atoms with Crippen LogP contribution in [-0.2, 0) is 9.53 Å². The van der Waals surface area contributed by atoms with Crippen LogP contribution in [-0.4, -0.2) is 13.1 Å². The lowest BCUT2D eigenvalue weighted by Gasteiger charge is -2.13. The Morgan fingerprint density at radius 3 is 3.00 bits per heavy atom. The average molecular weight is 168 g/mol. The first-order chi connectivity index (χ1) is 5.77. The van der Waals surface area contributed by atoms with Crippen LogP contribution in [0.25, 0.3) is 0 Å². The van der Waals surface area contributed by atoms with Gasteiger partial charge in [0.05, 0.1) is 7.11 Å². The van der Waals surface area contributed by atoms with E-state index < -0.39 is 0 Å². The van der Waals surface area contributed by atoms with Gasteiger partial charge in [-0.1, -0.05) is 12.5 Å². The van der Waals surface area contributed by atoms with Crippen LogP contribution in [0.3, 0.4) is 0 Å². The van der Waals surface area contributed by atoms with Crippen LogP contribution in [0, 0.1) is 11.8 Å². The summed E-state index contributed by atoms with van der Waals surface area (Å²) in [6, 6.07) is 0. The van der Waals surface area contributed by atoms with E-state index in [4.69, 9.17) is 0 Å². The molecule has 0 bridgehead atoms. The molecule has 0 saturated heterocycles. The lowest BCUT2D eigenvalue weighted by Crippen LogP contribution is -2.12. The van der Waals surface area contributed by atoms with Gasteiger partial charge in [-0.3, -0.25) is 4.79 Å². The van der Waals surface area contributed by atoms with E-state index in [1.54, 1.807) is 0 Å². The second-order valence-corrected chi connectivity index (χ2v) is 3.37. The summed E-state index contributed by atoms with van der Waals surface area (Å²) < 4.78 is 4.63. The minimum atomic E-state index is -0.0891. The van der Waals surface area contributed by atoms with Gasteiger partial charge in [0.2, 0.25) is 0 Å². The Kier molecular flexibility index (Phi) is 3.32. The molecular weight excluding hydrogens is 152 g/mol. The third-order valence-electron chi connectivity index (χ3n) is 2.68. The molecular formula is C10H16O2. The van der Waals surface area contributed by atoms with E-state index in [2.05, 4.69) is 11.3 Å². The van der Waals surface area contributed by atoms with Gasteiger partial charge < -0.3 is 4.74 Å². The number of esters is 1. The molecule has 0 aromatic rings. The second-order valence-electron chi connectivity index (χ2n) is 3.37. The number of hydrogen-bond acceptors (Lipinski definition) is 2. The second kappa shape index (κ2) is 4.29. The van der Waals surface area contributed by atoms with Gasteiger partial charge in [0.15, 0.2) is 0 Å². The number of carbonyl (C=O) groups is 1. The number of methoxy groups -OCH3 is 1. The summed E-state index contributed by atoms with van der Waals surface area (Å²) >= 11 is 0. The number of ether oxygens (including phenoxy) is 1. The van der Waals surface area contributed by atoms with Gasteiger partial charge in [0.1, 0.15) is 0 Å². The Hall–Kier alpha value is -0.790. The molecule has 2 atom stereocenters. The van der Waals surface area contributed by atoms with Crippen molar-refractivity contribution < 1.29 is 9.53 Å². The molecule has 1 saturated carbocycles. The minimum Gasteiger partial charge on any atom is -0.469 e. The summed E-state index contributed by atoms with van der Waals surface area (Å²) in [5, 5.41) is 0. The Balaban J connectivity index is 2.40. The summed E-state index contributed by atoms with van der Waals surface area (Å²) in [6.45, 7) is 3.77. The zero-order valence-corrected chi connectivity index (χ0v) is 7.58. The van der Waals surface area contributed by atoms with Crippen LogP contribution < -0.4 is 0 Å². The fraction of sp³-hybridized carbons (Fsp3) is 0.700. The molecule has 0 heterocycles. The fourth-order valence-electron chi connectivity index (χ4n) is 1.93. The van der Waals surface area contributed by atoms with Gasteiger partial charge in [-0.25, -0.2) is 0 Å². The van der Waals surface area contributed by atoms with E-state index in [1.807, 2.05) is 6.08 Å². The van der Waals surface area contributed by atoms with Crippen molar-refractivity contribution >= 4 is 5.97 Å². The molecule has 0 N–H and O–H groups in total. The van der Waals surface area contributed by atoms with Crippen molar-refractivity contribution in [3.8, 4) is 0 Å². The molecule has 1 rings (SSSR count). The predicted molar refractivity (Wildman–Crippen MR) is 47.7 cm³/mol. The third-order valence-corrected chi connectivity index (χ3v) is 2.68. The smallest absolute Gasteiger partial charge is 0.305 e. The molecule has 1 aliphatic carbocycles. The van der Waals surface area contributed by atoms with Crippen LogP contribution >= 0.6 is 0 Å². The van der Waals surface area contributed by atoms with E-state index in [1.165, 1.54) is 20.0 Å². The van der Waals surface area contributed by atoms with Crippen LogP contribution in [0.4, 0.5) is 0 Å². The summed E-state index contributed by atoms with van der Waals surface area (Å²) in [6.07, 6.45) is 6.09. The molecule has 0 unspecified atom stereocenters. The molecule has 2 heteroatoms. The van der Waals surface area contributed by atoms with E-state index in [0.717, 1.165) is 6.42 Å². The molecule has 2 nitrogen and oxygen atoms in total. The van der Waals surface area contributed by atoms with Crippen LogP contribution in [0.15, 0.2) is 12.7 Å². The summed E-state index contributed by atoms with van der Waals surface area (Å²) in [5.74, 6) is 0.924. The number of carbonyl (C=O) groups excluding carboxylic acids is 1. The normalized spacial score (nSPS) is 28.4. The quantitative estimate of drug-likeness (QED) is 0.477. The molecule has 0 spiro atoms. The lowest BCUT2D eigenvalue weighted by atomic mass is 9.93. The van der Waals surface area contributed by atoms with Crippen molar-refractivity contribution in [1.29, 1.82) is 0 Å². The fourth-order valence-corrected chi connectivity index (χ4v) is 1.93. The lowest BCUT2D eigenvalue weighted by molar-refractivity contribution is -0.141. The van der Waals surface area contributed by atoms with E-state index in [-0.39, 0.29) is 5.97 Å². The molecule has 0 amide bonds. The first-order valence-corrected chi connectivity index (χ1v) is 4.47. The van der Waals surface area contributed by atoms with E-state index >= 15 is 0 Å². The molecule has 0 radical (unpaired) electrons. The number of hydrogen-bond donors (Lipinski definition) is 0. The van der Waals surface area contributed by atoms with Crippen molar-refractivity contribution in [2.45, 2.75) is 25.7 Å². The Bertz CT molecular complexity index is 175. The van der Waals surface area contributed by atoms with Gasteiger partial charge in [-0.15, -0.1) is 6.58 Å². The highest BCUT2D eigenvalue weighted by molar-refractivity contribution is 5.69. The Labute approximate surface area is 73.6 Å². The van der Waals surface area contributed by atoms with Gasteiger partial charge in [-0.2, -0.15) is 0 Å². The molecule has 0 aromatic carbocycles. The van der Waals surface area contributed by atoms with Crippen molar-refractivity contribution in [2.24, 2.45) is 11.8 Å². The highest BCUT2D eigenvalue weighted by Gasteiger charge is 2.26. The monoisotopic (exact) mass is 168 g/mol.